The molecule has 0 saturated heterocycles. The lowest BCUT2D eigenvalue weighted by Crippen LogP contribution is -2.07. The Morgan fingerprint density at radius 2 is 2.10 bits per heavy atom. The van der Waals surface area contributed by atoms with Crippen molar-refractivity contribution < 1.29 is 4.84 Å². The molecular weight excluding hydrogens is 126 g/mol. The van der Waals surface area contributed by atoms with E-state index in [1.807, 2.05) is 6.92 Å². The standard InChI is InChI=1S/C8H16NO/c1-5-9-10-8(4)6-7(2)3/h5,7-8H,1,6H2,2-4H3. The Hall–Kier alpha value is -0.530. The van der Waals surface area contributed by atoms with Crippen molar-refractivity contribution in [1.29, 1.82) is 0 Å². The van der Waals surface area contributed by atoms with E-state index in [2.05, 4.69) is 25.9 Å². The van der Waals surface area contributed by atoms with Crippen LogP contribution in [0, 0.1) is 12.8 Å². The molecule has 0 rings (SSSR count). The minimum absolute atomic E-state index is 0.206. The van der Waals surface area contributed by atoms with E-state index >= 15 is 0 Å². The molecule has 0 amide bonds. The van der Waals surface area contributed by atoms with Crippen molar-refractivity contribution in [2.24, 2.45) is 11.1 Å². The number of oxime groups is 1. The first kappa shape index (κ1) is 9.47. The molecule has 0 aliphatic rings. The van der Waals surface area contributed by atoms with Gasteiger partial charge in [-0.15, -0.1) is 0 Å². The van der Waals surface area contributed by atoms with Crippen molar-refractivity contribution in [1.82, 2.24) is 0 Å². The second-order valence-electron chi connectivity index (χ2n) is 2.83. The fraction of sp³-hybridized carbons (Fsp3) is 0.750. The van der Waals surface area contributed by atoms with Crippen LogP contribution in [0.5, 0.6) is 0 Å². The molecule has 0 aromatic rings. The van der Waals surface area contributed by atoms with Gasteiger partial charge in [0.15, 0.2) is 0 Å². The van der Waals surface area contributed by atoms with Gasteiger partial charge < -0.3 is 4.84 Å². The minimum atomic E-state index is 0.206. The van der Waals surface area contributed by atoms with Crippen LogP contribution in [0.3, 0.4) is 0 Å². The van der Waals surface area contributed by atoms with Crippen molar-refractivity contribution in [2.45, 2.75) is 33.3 Å². The highest BCUT2D eigenvalue weighted by Gasteiger charge is 2.03. The van der Waals surface area contributed by atoms with Crippen molar-refractivity contribution in [3.8, 4) is 0 Å². The molecule has 0 aromatic heterocycles. The Morgan fingerprint density at radius 3 is 2.50 bits per heavy atom. The Balaban J connectivity index is 3.33. The molecular formula is C8H16NO. The smallest absolute Gasteiger partial charge is 0.125 e. The molecule has 0 aromatic carbocycles. The Morgan fingerprint density at radius 1 is 1.50 bits per heavy atom. The van der Waals surface area contributed by atoms with Crippen LogP contribution in [-0.4, -0.2) is 12.3 Å². The lowest BCUT2D eigenvalue weighted by molar-refractivity contribution is 0.0588. The third-order valence-electron chi connectivity index (χ3n) is 1.12. The Bertz CT molecular complexity index is 99.4. The monoisotopic (exact) mass is 142 g/mol. The van der Waals surface area contributed by atoms with Crippen molar-refractivity contribution in [3.05, 3.63) is 6.92 Å². The first-order chi connectivity index (χ1) is 4.66. The molecule has 0 aliphatic heterocycles. The van der Waals surface area contributed by atoms with Gasteiger partial charge in [0.1, 0.15) is 6.10 Å². The molecule has 2 nitrogen and oxygen atoms in total. The van der Waals surface area contributed by atoms with Gasteiger partial charge in [0.05, 0.1) is 0 Å². The summed E-state index contributed by atoms with van der Waals surface area (Å²) in [6.07, 6.45) is 2.66. The summed E-state index contributed by atoms with van der Waals surface area (Å²) in [5, 5.41) is 3.59. The predicted molar refractivity (Wildman–Crippen MR) is 43.9 cm³/mol. The summed E-state index contributed by atoms with van der Waals surface area (Å²) in [5.41, 5.74) is 0. The largest absolute Gasteiger partial charge is 0.393 e. The lowest BCUT2D eigenvalue weighted by atomic mass is 10.1. The first-order valence-electron chi connectivity index (χ1n) is 3.63. The second kappa shape index (κ2) is 5.27. The van der Waals surface area contributed by atoms with E-state index in [0.29, 0.717) is 5.92 Å². The summed E-state index contributed by atoms with van der Waals surface area (Å²) >= 11 is 0. The summed E-state index contributed by atoms with van der Waals surface area (Å²) in [6, 6.07) is 0. The zero-order valence-electron chi connectivity index (χ0n) is 7.00. The van der Waals surface area contributed by atoms with Gasteiger partial charge in [-0.3, -0.25) is 0 Å². The lowest BCUT2D eigenvalue weighted by Gasteiger charge is -2.10. The van der Waals surface area contributed by atoms with Crippen molar-refractivity contribution >= 4 is 6.21 Å². The van der Waals surface area contributed by atoms with E-state index < -0.39 is 0 Å². The van der Waals surface area contributed by atoms with Crippen LogP contribution in [0.2, 0.25) is 0 Å². The Labute approximate surface area is 63.3 Å². The molecule has 2 heteroatoms. The zero-order chi connectivity index (χ0) is 7.98. The molecule has 1 atom stereocenters. The highest BCUT2D eigenvalue weighted by atomic mass is 16.6. The average Bonchev–Trinajstić information content (AvgIpc) is 1.82. The van der Waals surface area contributed by atoms with E-state index in [9.17, 15) is 0 Å². The summed E-state index contributed by atoms with van der Waals surface area (Å²) in [7, 11) is 0. The maximum atomic E-state index is 5.01. The van der Waals surface area contributed by atoms with Gasteiger partial charge in [-0.1, -0.05) is 19.0 Å². The summed E-state index contributed by atoms with van der Waals surface area (Å²) in [5.74, 6) is 0.662. The van der Waals surface area contributed by atoms with Crippen molar-refractivity contribution in [3.63, 3.8) is 0 Å². The normalized spacial score (nSPS) is 14.5. The van der Waals surface area contributed by atoms with Gasteiger partial charge in [0.25, 0.3) is 0 Å². The molecule has 0 N–H and O–H groups in total. The topological polar surface area (TPSA) is 21.6 Å². The first-order valence-corrected chi connectivity index (χ1v) is 3.63. The van der Waals surface area contributed by atoms with E-state index in [0.717, 1.165) is 6.42 Å². The fourth-order valence-corrected chi connectivity index (χ4v) is 0.854. The zero-order valence-corrected chi connectivity index (χ0v) is 7.00. The van der Waals surface area contributed by atoms with Gasteiger partial charge in [-0.25, -0.2) is 0 Å². The van der Waals surface area contributed by atoms with E-state index in [1.54, 1.807) is 0 Å². The van der Waals surface area contributed by atoms with Crippen LogP contribution in [0.25, 0.3) is 0 Å². The summed E-state index contributed by atoms with van der Waals surface area (Å²) in [4.78, 5) is 5.01. The van der Waals surface area contributed by atoms with Gasteiger partial charge in [-0.05, 0) is 26.2 Å². The van der Waals surface area contributed by atoms with Crippen LogP contribution in [0.1, 0.15) is 27.2 Å². The third kappa shape index (κ3) is 5.60. The highest BCUT2D eigenvalue weighted by molar-refractivity contribution is 5.60. The predicted octanol–water partition coefficient (Wildman–Crippen LogP) is 2.26. The third-order valence-corrected chi connectivity index (χ3v) is 1.12. The molecule has 0 heterocycles. The number of hydrogen-bond acceptors (Lipinski definition) is 2. The van der Waals surface area contributed by atoms with Crippen LogP contribution in [0.15, 0.2) is 5.16 Å². The van der Waals surface area contributed by atoms with Gasteiger partial charge >= 0.3 is 0 Å². The average molecular weight is 142 g/mol. The second-order valence-corrected chi connectivity index (χ2v) is 2.83. The summed E-state index contributed by atoms with van der Waals surface area (Å²) < 4.78 is 0. The number of nitrogens with zero attached hydrogens (tertiary/aromatic N) is 1. The van der Waals surface area contributed by atoms with Gasteiger partial charge in [0.2, 0.25) is 0 Å². The van der Waals surface area contributed by atoms with Crippen LogP contribution < -0.4 is 0 Å². The molecule has 0 saturated carbocycles. The highest BCUT2D eigenvalue weighted by Crippen LogP contribution is 2.06. The fourth-order valence-electron chi connectivity index (χ4n) is 0.854. The molecule has 1 unspecified atom stereocenters. The number of hydrogen-bond donors (Lipinski definition) is 0. The quantitative estimate of drug-likeness (QED) is 0.436. The maximum Gasteiger partial charge on any atom is 0.125 e. The molecule has 0 aliphatic carbocycles. The molecule has 10 heavy (non-hydrogen) atoms. The van der Waals surface area contributed by atoms with E-state index in [-0.39, 0.29) is 6.10 Å². The van der Waals surface area contributed by atoms with Gasteiger partial charge in [0, 0.05) is 6.21 Å². The van der Waals surface area contributed by atoms with E-state index in [1.165, 1.54) is 6.21 Å². The summed E-state index contributed by atoms with van der Waals surface area (Å²) in [6.45, 7) is 9.75. The minimum Gasteiger partial charge on any atom is -0.393 e. The van der Waals surface area contributed by atoms with Crippen LogP contribution in [-0.2, 0) is 4.84 Å². The molecule has 0 fully saturated rings. The molecule has 0 spiro atoms. The number of rotatable bonds is 4. The maximum absolute atomic E-state index is 5.01. The van der Waals surface area contributed by atoms with Gasteiger partial charge in [-0.2, -0.15) is 0 Å². The SMILES string of the molecule is [CH2]C=NOC(C)CC(C)C. The Kier molecular flexibility index (Phi) is 4.99. The molecule has 1 radical (unpaired) electrons. The molecule has 59 valence electrons. The van der Waals surface area contributed by atoms with Crippen molar-refractivity contribution in [2.75, 3.05) is 0 Å². The van der Waals surface area contributed by atoms with E-state index in [4.69, 9.17) is 4.84 Å². The van der Waals surface area contributed by atoms with Crippen LogP contribution >= 0.6 is 0 Å². The van der Waals surface area contributed by atoms with Crippen LogP contribution in [0.4, 0.5) is 0 Å². The molecule has 0 bridgehead atoms.